The monoisotopic (exact) mass is 333 g/mol. The van der Waals surface area contributed by atoms with E-state index in [0.29, 0.717) is 18.8 Å². The van der Waals surface area contributed by atoms with Crippen molar-refractivity contribution >= 4 is 17.2 Å². The summed E-state index contributed by atoms with van der Waals surface area (Å²) in [6.45, 7) is 5.86. The molecule has 0 saturated carbocycles. The van der Waals surface area contributed by atoms with Crippen molar-refractivity contribution in [3.05, 3.63) is 45.4 Å². The molecular weight excluding hydrogens is 310 g/mol. The summed E-state index contributed by atoms with van der Waals surface area (Å²) >= 11 is 1.44. The summed E-state index contributed by atoms with van der Waals surface area (Å²) in [5.41, 5.74) is 2.76. The third-order valence-electron chi connectivity index (χ3n) is 3.31. The van der Waals surface area contributed by atoms with Crippen molar-refractivity contribution in [2.45, 2.75) is 20.5 Å². The number of aromatic nitrogens is 1. The molecule has 0 aliphatic rings. The molecule has 5 nitrogen and oxygen atoms in total. The maximum Gasteiger partial charge on any atom is 0.270 e. The number of ether oxygens (including phenoxy) is 1. The van der Waals surface area contributed by atoms with Gasteiger partial charge in [0.15, 0.2) is 0 Å². The van der Waals surface area contributed by atoms with E-state index < -0.39 is 0 Å². The van der Waals surface area contributed by atoms with Crippen LogP contribution in [0.4, 0.5) is 0 Å². The maximum atomic E-state index is 12.0. The lowest BCUT2D eigenvalue weighted by molar-refractivity contribution is 0.0946. The predicted molar refractivity (Wildman–Crippen MR) is 93.2 cm³/mol. The molecule has 0 unspecified atom stereocenters. The van der Waals surface area contributed by atoms with Crippen LogP contribution in [0, 0.1) is 13.8 Å². The number of carbonyl (C=O) groups is 1. The molecule has 2 aromatic rings. The Morgan fingerprint density at radius 3 is 2.83 bits per heavy atom. The number of nitrogens with zero attached hydrogens (tertiary/aromatic N) is 2. The molecule has 2 rings (SSSR count). The third-order valence-corrected chi connectivity index (χ3v) is 4.13. The van der Waals surface area contributed by atoms with Crippen molar-refractivity contribution in [1.82, 2.24) is 15.2 Å². The van der Waals surface area contributed by atoms with Crippen molar-refractivity contribution in [3.63, 3.8) is 0 Å². The van der Waals surface area contributed by atoms with Gasteiger partial charge in [0.25, 0.3) is 5.91 Å². The Hall–Kier alpha value is -1.92. The zero-order valence-corrected chi connectivity index (χ0v) is 14.9. The molecule has 0 aliphatic carbocycles. The number of nitrogens with one attached hydrogen (secondary N) is 1. The van der Waals surface area contributed by atoms with Crippen LogP contribution >= 0.6 is 11.3 Å². The van der Waals surface area contributed by atoms with Gasteiger partial charge in [-0.3, -0.25) is 4.79 Å². The van der Waals surface area contributed by atoms with Gasteiger partial charge in [-0.25, -0.2) is 4.98 Å². The van der Waals surface area contributed by atoms with E-state index >= 15 is 0 Å². The molecule has 0 fully saturated rings. The zero-order valence-electron chi connectivity index (χ0n) is 14.0. The molecule has 6 heteroatoms. The number of thiazole rings is 1. The van der Waals surface area contributed by atoms with E-state index in [1.165, 1.54) is 16.9 Å². The van der Waals surface area contributed by atoms with E-state index in [-0.39, 0.29) is 5.91 Å². The second-order valence-electron chi connectivity index (χ2n) is 5.74. The van der Waals surface area contributed by atoms with Crippen LogP contribution in [0.25, 0.3) is 0 Å². The van der Waals surface area contributed by atoms with E-state index in [4.69, 9.17) is 4.74 Å². The number of carbonyl (C=O) groups excluding carboxylic acids is 1. The highest BCUT2D eigenvalue weighted by molar-refractivity contribution is 7.09. The molecule has 0 bridgehead atoms. The Labute approximate surface area is 141 Å². The topological polar surface area (TPSA) is 54.5 Å². The van der Waals surface area contributed by atoms with Gasteiger partial charge in [0, 0.05) is 18.5 Å². The molecule has 0 aliphatic heterocycles. The van der Waals surface area contributed by atoms with Gasteiger partial charge in [0.05, 0.1) is 0 Å². The van der Waals surface area contributed by atoms with E-state index in [0.717, 1.165) is 22.9 Å². The van der Waals surface area contributed by atoms with Crippen molar-refractivity contribution in [2.24, 2.45) is 0 Å². The summed E-state index contributed by atoms with van der Waals surface area (Å²) < 4.78 is 5.79. The summed E-state index contributed by atoms with van der Waals surface area (Å²) in [5, 5.41) is 5.42. The van der Waals surface area contributed by atoms with E-state index in [1.54, 1.807) is 5.38 Å². The highest BCUT2D eigenvalue weighted by Crippen LogP contribution is 2.21. The molecule has 0 spiro atoms. The Morgan fingerprint density at radius 1 is 1.35 bits per heavy atom. The fourth-order valence-corrected chi connectivity index (χ4v) is 2.75. The third kappa shape index (κ3) is 5.33. The van der Waals surface area contributed by atoms with Gasteiger partial charge in [-0.1, -0.05) is 17.7 Å². The van der Waals surface area contributed by atoms with Crippen LogP contribution in [0.5, 0.6) is 5.75 Å². The molecule has 23 heavy (non-hydrogen) atoms. The Kier molecular flexibility index (Phi) is 6.12. The molecule has 1 amide bonds. The van der Waals surface area contributed by atoms with Crippen molar-refractivity contribution in [1.29, 1.82) is 0 Å². The van der Waals surface area contributed by atoms with Gasteiger partial charge in [-0.2, -0.15) is 0 Å². The second-order valence-corrected chi connectivity index (χ2v) is 6.69. The molecule has 0 saturated heterocycles. The van der Waals surface area contributed by atoms with Crippen molar-refractivity contribution < 1.29 is 9.53 Å². The van der Waals surface area contributed by atoms with Crippen molar-refractivity contribution in [3.8, 4) is 5.75 Å². The van der Waals surface area contributed by atoms with Crippen LogP contribution in [0.2, 0.25) is 0 Å². The first-order valence-corrected chi connectivity index (χ1v) is 8.41. The minimum Gasteiger partial charge on any atom is -0.486 e. The van der Waals surface area contributed by atoms with E-state index in [2.05, 4.69) is 23.3 Å². The molecule has 0 radical (unpaired) electrons. The first kappa shape index (κ1) is 17.4. The summed E-state index contributed by atoms with van der Waals surface area (Å²) in [6, 6.07) is 6.07. The summed E-state index contributed by atoms with van der Waals surface area (Å²) in [5.74, 6) is 0.712. The zero-order chi connectivity index (χ0) is 16.8. The van der Waals surface area contributed by atoms with Crippen LogP contribution in [-0.2, 0) is 6.61 Å². The smallest absolute Gasteiger partial charge is 0.270 e. The Morgan fingerprint density at radius 2 is 2.13 bits per heavy atom. The average molecular weight is 333 g/mol. The first-order chi connectivity index (χ1) is 11.0. The van der Waals surface area contributed by atoms with Crippen LogP contribution < -0.4 is 10.1 Å². The highest BCUT2D eigenvalue weighted by Gasteiger charge is 2.11. The number of amides is 1. The summed E-state index contributed by atoms with van der Waals surface area (Å²) in [4.78, 5) is 18.3. The molecule has 1 aromatic heterocycles. The minimum absolute atomic E-state index is 0.138. The van der Waals surface area contributed by atoms with Gasteiger partial charge in [0.1, 0.15) is 23.1 Å². The van der Waals surface area contributed by atoms with Crippen LogP contribution in [0.1, 0.15) is 26.6 Å². The lowest BCUT2D eigenvalue weighted by Crippen LogP contribution is -2.31. The van der Waals surface area contributed by atoms with Gasteiger partial charge in [-0.05, 0) is 39.6 Å². The van der Waals surface area contributed by atoms with Crippen LogP contribution in [-0.4, -0.2) is 43.0 Å². The van der Waals surface area contributed by atoms with Crippen molar-refractivity contribution in [2.75, 3.05) is 27.2 Å². The first-order valence-electron chi connectivity index (χ1n) is 7.53. The lowest BCUT2D eigenvalue weighted by Gasteiger charge is -2.09. The molecule has 1 heterocycles. The van der Waals surface area contributed by atoms with Gasteiger partial charge >= 0.3 is 0 Å². The Bertz CT molecular complexity index is 668. The number of aryl methyl sites for hydroxylation is 2. The van der Waals surface area contributed by atoms with Gasteiger partial charge < -0.3 is 15.0 Å². The molecular formula is C17H23N3O2S. The molecule has 0 atom stereocenters. The predicted octanol–water partition coefficient (Wildman–Crippen LogP) is 2.63. The number of hydrogen-bond donors (Lipinski definition) is 1. The number of benzene rings is 1. The SMILES string of the molecule is Cc1ccc(OCc2nc(C(=O)NCCN(C)C)cs2)c(C)c1. The second kappa shape index (κ2) is 8.08. The fourth-order valence-electron chi connectivity index (χ4n) is 2.07. The van der Waals surface area contributed by atoms with Crippen LogP contribution in [0.3, 0.4) is 0 Å². The van der Waals surface area contributed by atoms with Gasteiger partial charge in [-0.15, -0.1) is 11.3 Å². The van der Waals surface area contributed by atoms with E-state index in [1.807, 2.05) is 38.1 Å². The summed E-state index contributed by atoms with van der Waals surface area (Å²) in [6.07, 6.45) is 0. The standard InChI is InChI=1S/C17H23N3O2S/c1-12-5-6-15(13(2)9-12)22-10-16-19-14(11-23-16)17(21)18-7-8-20(3)4/h5-6,9,11H,7-8,10H2,1-4H3,(H,18,21). The Balaban J connectivity index is 1.88. The summed E-state index contributed by atoms with van der Waals surface area (Å²) in [7, 11) is 3.94. The van der Waals surface area contributed by atoms with Crippen LogP contribution in [0.15, 0.2) is 23.6 Å². The molecule has 124 valence electrons. The normalized spacial score (nSPS) is 10.8. The largest absolute Gasteiger partial charge is 0.486 e. The molecule has 1 aromatic carbocycles. The maximum absolute atomic E-state index is 12.0. The fraction of sp³-hybridized carbons (Fsp3) is 0.412. The molecule has 1 N–H and O–H groups in total. The number of rotatable bonds is 7. The van der Waals surface area contributed by atoms with Gasteiger partial charge in [0.2, 0.25) is 0 Å². The quantitative estimate of drug-likeness (QED) is 0.846. The lowest BCUT2D eigenvalue weighted by atomic mass is 10.1. The number of hydrogen-bond acceptors (Lipinski definition) is 5. The number of likely N-dealkylation sites (N-methyl/N-ethyl adjacent to an activating group) is 1. The minimum atomic E-state index is -0.138. The average Bonchev–Trinajstić information content (AvgIpc) is 2.95. The highest BCUT2D eigenvalue weighted by atomic mass is 32.1. The van der Waals surface area contributed by atoms with E-state index in [9.17, 15) is 4.79 Å².